The normalized spacial score (nSPS) is 14.8. The van der Waals surface area contributed by atoms with E-state index >= 15 is 0 Å². The average molecular weight is 576 g/mol. The number of hydrogen-bond donors (Lipinski definition) is 0. The van der Waals surface area contributed by atoms with E-state index in [1.165, 1.54) is 22.3 Å². The third kappa shape index (κ3) is 4.65. The van der Waals surface area contributed by atoms with Crippen molar-refractivity contribution in [2.24, 2.45) is 0 Å². The number of rotatable bonds is 4. The van der Waals surface area contributed by atoms with Crippen LogP contribution in [-0.2, 0) is 21.0 Å². The van der Waals surface area contributed by atoms with Gasteiger partial charge in [0.25, 0.3) is 0 Å². The van der Waals surface area contributed by atoms with E-state index in [0.29, 0.717) is 0 Å². The minimum Gasteiger partial charge on any atom is -0.147 e. The summed E-state index contributed by atoms with van der Waals surface area (Å²) in [5.74, 6) is 0. The van der Waals surface area contributed by atoms with Crippen LogP contribution in [0.5, 0.6) is 0 Å². The topological polar surface area (TPSA) is 0 Å². The van der Waals surface area contributed by atoms with Crippen LogP contribution in [0.4, 0.5) is 0 Å². The molecule has 0 amide bonds. The molecule has 3 heteroatoms. The molecule has 0 bridgehead atoms. The molecule has 0 heterocycles. The van der Waals surface area contributed by atoms with Crippen LogP contribution >= 0.6 is 24.8 Å². The first kappa shape index (κ1) is 23.0. The molecule has 0 nitrogen and oxygen atoms in total. The van der Waals surface area contributed by atoms with E-state index in [2.05, 4.69) is 98.8 Å². The van der Waals surface area contributed by atoms with Crippen LogP contribution in [0.2, 0.25) is 0 Å². The zero-order valence-corrected chi connectivity index (χ0v) is 21.5. The molecule has 0 aliphatic heterocycles. The molecular weight excluding hydrogens is 550 g/mol. The number of hydrogen-bond acceptors (Lipinski definition) is 0. The van der Waals surface area contributed by atoms with Crippen LogP contribution in [0.3, 0.4) is 0 Å². The van der Waals surface area contributed by atoms with Gasteiger partial charge in [0.15, 0.2) is 0 Å². The maximum Gasteiger partial charge on any atom is -0.147 e. The third-order valence-corrected chi connectivity index (χ3v) is 17.8. The van der Waals surface area contributed by atoms with E-state index in [1.54, 1.807) is 9.91 Å². The van der Waals surface area contributed by atoms with Crippen molar-refractivity contribution >= 4 is 28.1 Å². The van der Waals surface area contributed by atoms with Gasteiger partial charge in [0, 0.05) is 0 Å². The monoisotopic (exact) mass is 576 g/mol. The van der Waals surface area contributed by atoms with Crippen LogP contribution in [0.1, 0.15) is 37.8 Å². The first-order valence-corrected chi connectivity index (χ1v) is 14.7. The molecule has 0 spiro atoms. The van der Waals surface area contributed by atoms with Crippen LogP contribution in [0.25, 0.3) is 0 Å². The third-order valence-electron chi connectivity index (χ3n) is 5.31. The molecule has 0 N–H and O–H groups in total. The fourth-order valence-electron chi connectivity index (χ4n) is 3.98. The van der Waals surface area contributed by atoms with Crippen molar-refractivity contribution in [2.45, 2.75) is 26.7 Å². The van der Waals surface area contributed by atoms with Gasteiger partial charge in [-0.05, 0) is 0 Å². The van der Waals surface area contributed by atoms with E-state index in [-0.39, 0.29) is 24.8 Å². The van der Waals surface area contributed by atoms with E-state index in [0.717, 1.165) is 12.8 Å². The molecule has 0 saturated carbocycles. The van der Waals surface area contributed by atoms with Gasteiger partial charge in [0.1, 0.15) is 0 Å². The summed E-state index contributed by atoms with van der Waals surface area (Å²) in [6.45, 7) is 4.63. The number of allylic oxidation sites excluding steroid dienone is 8. The molecule has 28 heavy (non-hydrogen) atoms. The molecule has 0 aromatic heterocycles. The molecule has 0 fully saturated rings. The fraction of sp³-hybridized carbons (Fsp3) is 0.160. The van der Waals surface area contributed by atoms with Gasteiger partial charge in [-0.3, -0.25) is 0 Å². The van der Waals surface area contributed by atoms with Crippen molar-refractivity contribution in [1.29, 1.82) is 0 Å². The van der Waals surface area contributed by atoms with E-state index in [9.17, 15) is 0 Å². The summed E-state index contributed by atoms with van der Waals surface area (Å²) in [5, 5.41) is 0. The zero-order chi connectivity index (χ0) is 17.9. The number of benzene rings is 2. The summed E-state index contributed by atoms with van der Waals surface area (Å²) in [6.07, 6.45) is 11.7. The van der Waals surface area contributed by atoms with Gasteiger partial charge in [-0.25, -0.2) is 0 Å². The van der Waals surface area contributed by atoms with E-state index in [1.807, 2.05) is 0 Å². The predicted octanol–water partition coefficient (Wildman–Crippen LogP) is 7.19. The Bertz CT molecular complexity index is 898. The molecule has 4 rings (SSSR count). The molecule has 0 atom stereocenters. The van der Waals surface area contributed by atoms with Crippen LogP contribution in [0, 0.1) is 0 Å². The summed E-state index contributed by atoms with van der Waals surface area (Å²) < 4.78 is 5.17. The number of halogens is 2. The summed E-state index contributed by atoms with van der Waals surface area (Å²) in [7, 11) is 0. The van der Waals surface area contributed by atoms with Crippen LogP contribution in [0.15, 0.2) is 103 Å². The standard InChI is InChI=1S/C13H10.2C6H7.2ClH.Hf/c1-3-7-12(8-4-1)11-13-9-5-2-6-10-13;2*1-6-4-2-3-5-6;;;/h1-10H;2*2,4H,3H2,1H3;2*1H;. The zero-order valence-electron chi connectivity index (χ0n) is 16.3. The Labute approximate surface area is 188 Å². The first-order valence-electron chi connectivity index (χ1n) is 9.34. The first-order chi connectivity index (χ1) is 12.8. The van der Waals surface area contributed by atoms with E-state index < -0.39 is 21.0 Å². The largest absolute Gasteiger partial charge is 0.147 e. The SMILES string of the molecule is CC1=[C]([Hf]([C]2=C(C)C=CC2)=[C](c2ccccc2)c2ccccc2)CC=C1.Cl.Cl. The molecule has 0 saturated heterocycles. The molecule has 144 valence electrons. The summed E-state index contributed by atoms with van der Waals surface area (Å²) in [4.78, 5) is 0. The summed E-state index contributed by atoms with van der Waals surface area (Å²) >= 11 is -2.44. The van der Waals surface area contributed by atoms with Crippen molar-refractivity contribution < 1.29 is 21.0 Å². The van der Waals surface area contributed by atoms with Crippen molar-refractivity contribution in [3.63, 3.8) is 0 Å². The molecule has 2 aromatic rings. The quantitative estimate of drug-likeness (QED) is 0.339. The van der Waals surface area contributed by atoms with E-state index in [4.69, 9.17) is 0 Å². The van der Waals surface area contributed by atoms with Gasteiger partial charge in [-0.1, -0.05) is 0 Å². The molecule has 0 radical (unpaired) electrons. The smallest absolute Gasteiger partial charge is 0.147 e. The average Bonchev–Trinajstić information content (AvgIpc) is 3.29. The second kappa shape index (κ2) is 10.5. The Hall–Kier alpha value is -1.28. The van der Waals surface area contributed by atoms with Gasteiger partial charge >= 0.3 is 165 Å². The van der Waals surface area contributed by atoms with Crippen molar-refractivity contribution in [3.05, 3.63) is 114 Å². The van der Waals surface area contributed by atoms with Crippen molar-refractivity contribution in [1.82, 2.24) is 0 Å². The second-order valence-electron chi connectivity index (χ2n) is 7.02. The Balaban J connectivity index is 0.00000140. The Morgan fingerprint density at radius 2 is 1.04 bits per heavy atom. The van der Waals surface area contributed by atoms with Gasteiger partial charge < -0.3 is 0 Å². The van der Waals surface area contributed by atoms with Gasteiger partial charge in [0.2, 0.25) is 0 Å². The summed E-state index contributed by atoms with van der Waals surface area (Å²) in [5.41, 5.74) is 5.87. The van der Waals surface area contributed by atoms with Gasteiger partial charge in [0.05, 0.1) is 0 Å². The Kier molecular flexibility index (Phi) is 8.61. The molecule has 2 aromatic carbocycles. The predicted molar refractivity (Wildman–Crippen MR) is 124 cm³/mol. The van der Waals surface area contributed by atoms with Crippen LogP contribution in [-0.4, -0.2) is 3.26 Å². The Morgan fingerprint density at radius 3 is 1.36 bits per heavy atom. The minimum absolute atomic E-state index is 0. The minimum atomic E-state index is -2.44. The molecule has 2 aliphatic carbocycles. The van der Waals surface area contributed by atoms with Crippen molar-refractivity contribution in [2.75, 3.05) is 0 Å². The van der Waals surface area contributed by atoms with Crippen molar-refractivity contribution in [3.8, 4) is 0 Å². The van der Waals surface area contributed by atoms with Gasteiger partial charge in [-0.15, -0.1) is 24.8 Å². The second-order valence-corrected chi connectivity index (χ2v) is 15.8. The van der Waals surface area contributed by atoms with Gasteiger partial charge in [-0.2, -0.15) is 0 Å². The maximum absolute atomic E-state index is 2.44. The summed E-state index contributed by atoms with van der Waals surface area (Å²) in [6, 6.07) is 22.2. The Morgan fingerprint density at radius 1 is 0.643 bits per heavy atom. The fourth-order valence-corrected chi connectivity index (χ4v) is 16.5. The molecule has 0 unspecified atom stereocenters. The maximum atomic E-state index is 2.36. The van der Waals surface area contributed by atoms with Crippen LogP contribution < -0.4 is 0 Å². The molecule has 2 aliphatic rings. The molecular formula is C25H26Cl2Hf.